The van der Waals surface area contributed by atoms with E-state index in [4.69, 9.17) is 22.1 Å². The summed E-state index contributed by atoms with van der Waals surface area (Å²) in [5, 5.41) is 3.26. The number of rotatable bonds is 11. The van der Waals surface area contributed by atoms with E-state index in [1.807, 2.05) is 4.90 Å². The van der Waals surface area contributed by atoms with Gasteiger partial charge < -0.3 is 30.5 Å². The van der Waals surface area contributed by atoms with Crippen molar-refractivity contribution in [3.05, 3.63) is 52.8 Å². The van der Waals surface area contributed by atoms with E-state index in [0.29, 0.717) is 48.2 Å². The highest BCUT2D eigenvalue weighted by Gasteiger charge is 2.36. The lowest BCUT2D eigenvalue weighted by atomic mass is 9.98. The van der Waals surface area contributed by atoms with Gasteiger partial charge in [-0.3, -0.25) is 9.59 Å². The summed E-state index contributed by atoms with van der Waals surface area (Å²) in [6.45, 7) is 12.3. The Labute approximate surface area is 234 Å². The van der Waals surface area contributed by atoms with Gasteiger partial charge in [0.2, 0.25) is 0 Å². The van der Waals surface area contributed by atoms with E-state index in [9.17, 15) is 9.59 Å². The Balaban J connectivity index is 1.60. The molecule has 1 amide bonds. The summed E-state index contributed by atoms with van der Waals surface area (Å²) in [7, 11) is 1.75. The number of Topliss-reactive ketones (excluding diaryl/α,β-unsaturated/α-hetero) is 1. The van der Waals surface area contributed by atoms with Crippen molar-refractivity contribution < 1.29 is 18.7 Å². The number of benzene rings is 2. The van der Waals surface area contributed by atoms with Crippen molar-refractivity contribution >= 4 is 40.4 Å². The van der Waals surface area contributed by atoms with Gasteiger partial charge in [0.25, 0.3) is 5.91 Å². The molecule has 2 heterocycles. The Morgan fingerprint density at radius 3 is 2.64 bits per heavy atom. The second-order valence-corrected chi connectivity index (χ2v) is 10.4. The first kappa shape index (κ1) is 28.9. The summed E-state index contributed by atoms with van der Waals surface area (Å²) >= 11 is 6.24. The molecular weight excluding hydrogens is 521 g/mol. The molecule has 0 aromatic heterocycles. The zero-order valence-corrected chi connectivity index (χ0v) is 23.6. The van der Waals surface area contributed by atoms with Crippen LogP contribution in [0.5, 0.6) is 11.5 Å². The molecule has 2 aliphatic rings. The number of ketones is 1. The molecule has 1 fully saturated rings. The minimum absolute atomic E-state index is 0.00967. The third kappa shape index (κ3) is 6.05. The van der Waals surface area contributed by atoms with E-state index in [1.165, 1.54) is 0 Å². The van der Waals surface area contributed by atoms with Crippen molar-refractivity contribution in [3.8, 4) is 11.5 Å². The number of amides is 1. The SMILES string of the molecule is C=C(C(=O)NCCCCN(CC)CC)C(=O)c1cc(F)c(N2CCC(N)C2)c2c1N(C)c1cc(Cl)ccc1O2. The molecule has 8 nitrogen and oxygen atoms in total. The molecule has 1 unspecified atom stereocenters. The van der Waals surface area contributed by atoms with Gasteiger partial charge in [0, 0.05) is 37.7 Å². The molecule has 4 rings (SSSR count). The van der Waals surface area contributed by atoms with E-state index in [2.05, 4.69) is 30.6 Å². The van der Waals surface area contributed by atoms with Crippen LogP contribution in [0.4, 0.5) is 21.5 Å². The average molecular weight is 558 g/mol. The van der Waals surface area contributed by atoms with Gasteiger partial charge in [-0.1, -0.05) is 32.0 Å². The van der Waals surface area contributed by atoms with Crippen LogP contribution < -0.4 is 25.6 Å². The van der Waals surface area contributed by atoms with Crippen molar-refractivity contribution in [2.45, 2.75) is 39.2 Å². The first-order chi connectivity index (χ1) is 18.7. The van der Waals surface area contributed by atoms with Gasteiger partial charge in [-0.25, -0.2) is 4.39 Å². The van der Waals surface area contributed by atoms with Crippen LogP contribution in [0.2, 0.25) is 5.02 Å². The van der Waals surface area contributed by atoms with Crippen LogP contribution in [-0.2, 0) is 4.79 Å². The van der Waals surface area contributed by atoms with E-state index in [-0.39, 0.29) is 28.6 Å². The molecule has 3 N–H and O–H groups in total. The third-order valence-electron chi connectivity index (χ3n) is 7.43. The number of carbonyl (C=O) groups is 2. The van der Waals surface area contributed by atoms with Gasteiger partial charge >= 0.3 is 0 Å². The van der Waals surface area contributed by atoms with Crippen LogP contribution in [-0.4, -0.2) is 68.9 Å². The highest BCUT2D eigenvalue weighted by Crippen LogP contribution is 2.53. The Kier molecular flexibility index (Phi) is 9.15. The van der Waals surface area contributed by atoms with Crippen LogP contribution in [0.3, 0.4) is 0 Å². The molecule has 0 spiro atoms. The summed E-state index contributed by atoms with van der Waals surface area (Å²) in [5.41, 5.74) is 7.04. The molecule has 2 aromatic rings. The smallest absolute Gasteiger partial charge is 0.254 e. The minimum atomic E-state index is -0.670. The maximum absolute atomic E-state index is 15.7. The Morgan fingerprint density at radius 2 is 1.97 bits per heavy atom. The molecule has 0 saturated carbocycles. The number of nitrogens with zero attached hydrogens (tertiary/aromatic N) is 3. The summed E-state index contributed by atoms with van der Waals surface area (Å²) in [6.07, 6.45) is 2.41. The van der Waals surface area contributed by atoms with Gasteiger partial charge in [0.15, 0.2) is 23.1 Å². The van der Waals surface area contributed by atoms with Crippen LogP contribution in [0.1, 0.15) is 43.5 Å². The Hall–Kier alpha value is -3.14. The fraction of sp³-hybridized carbons (Fsp3) is 0.448. The molecule has 10 heteroatoms. The first-order valence-electron chi connectivity index (χ1n) is 13.5. The minimum Gasteiger partial charge on any atom is -0.451 e. The van der Waals surface area contributed by atoms with Crippen molar-refractivity contribution in [2.24, 2.45) is 5.73 Å². The van der Waals surface area contributed by atoms with Crippen molar-refractivity contribution in [1.29, 1.82) is 0 Å². The number of anilines is 3. The van der Waals surface area contributed by atoms with Gasteiger partial charge in [0.05, 0.1) is 22.5 Å². The molecule has 0 radical (unpaired) electrons. The van der Waals surface area contributed by atoms with Crippen molar-refractivity contribution in [2.75, 3.05) is 56.1 Å². The quantitative estimate of drug-likeness (QED) is 0.134. The van der Waals surface area contributed by atoms with Gasteiger partial charge in [-0.2, -0.15) is 0 Å². The number of hydrogen-bond donors (Lipinski definition) is 2. The summed E-state index contributed by atoms with van der Waals surface area (Å²) in [5.74, 6) is -1.19. The lowest BCUT2D eigenvalue weighted by Crippen LogP contribution is -2.31. The molecule has 210 valence electrons. The maximum atomic E-state index is 15.7. The predicted molar refractivity (Wildman–Crippen MR) is 154 cm³/mol. The maximum Gasteiger partial charge on any atom is 0.254 e. The zero-order valence-electron chi connectivity index (χ0n) is 22.9. The topological polar surface area (TPSA) is 91.1 Å². The fourth-order valence-electron chi connectivity index (χ4n) is 5.14. The van der Waals surface area contributed by atoms with Gasteiger partial charge in [-0.15, -0.1) is 0 Å². The second kappa shape index (κ2) is 12.4. The summed E-state index contributed by atoms with van der Waals surface area (Å²) < 4.78 is 21.9. The number of fused-ring (bicyclic) bond motifs is 2. The highest BCUT2D eigenvalue weighted by molar-refractivity contribution is 6.31. The number of unbranched alkanes of at least 4 members (excludes halogenated alkanes) is 1. The molecule has 0 bridgehead atoms. The number of nitrogens with one attached hydrogen (secondary N) is 1. The van der Waals surface area contributed by atoms with Crippen LogP contribution in [0.15, 0.2) is 36.4 Å². The second-order valence-electron chi connectivity index (χ2n) is 10.00. The fourth-order valence-corrected chi connectivity index (χ4v) is 5.30. The van der Waals surface area contributed by atoms with E-state index >= 15 is 4.39 Å². The number of hydrogen-bond acceptors (Lipinski definition) is 7. The highest BCUT2D eigenvalue weighted by atomic mass is 35.5. The molecule has 2 aromatic carbocycles. The average Bonchev–Trinajstić information content (AvgIpc) is 3.35. The van der Waals surface area contributed by atoms with Gasteiger partial charge in [0.1, 0.15) is 5.69 Å². The van der Waals surface area contributed by atoms with Crippen LogP contribution in [0.25, 0.3) is 0 Å². The Bertz CT molecular complexity index is 1270. The van der Waals surface area contributed by atoms with Crippen LogP contribution >= 0.6 is 11.6 Å². The molecule has 1 saturated heterocycles. The number of nitrogens with two attached hydrogens (primary N) is 1. The monoisotopic (exact) mass is 557 g/mol. The molecule has 39 heavy (non-hydrogen) atoms. The van der Waals surface area contributed by atoms with Gasteiger partial charge in [-0.05, 0) is 63.2 Å². The van der Waals surface area contributed by atoms with Crippen molar-refractivity contribution in [1.82, 2.24) is 10.2 Å². The standard InChI is InChI=1S/C29H37ClFN5O3/c1-5-35(6-2)13-8-7-12-33-29(38)18(3)27(37)21-16-22(31)26(36-14-11-20(32)17-36)28-25(21)34(4)23-15-19(30)9-10-24(23)39-28/h9-10,15-16,20H,3,5-8,11-14,17,32H2,1-2,4H3,(H,33,38). The van der Waals surface area contributed by atoms with Crippen molar-refractivity contribution in [3.63, 3.8) is 0 Å². The normalized spacial score (nSPS) is 16.1. The molecule has 1 atom stereocenters. The summed E-state index contributed by atoms with van der Waals surface area (Å²) in [6, 6.07) is 6.17. The van der Waals surface area contributed by atoms with E-state index in [1.54, 1.807) is 30.1 Å². The zero-order chi connectivity index (χ0) is 28.3. The number of carbonyl (C=O) groups excluding carboxylic acids is 2. The molecule has 2 aliphatic heterocycles. The lowest BCUT2D eigenvalue weighted by molar-refractivity contribution is -0.117. The number of halogens is 2. The van der Waals surface area contributed by atoms with E-state index < -0.39 is 17.5 Å². The largest absolute Gasteiger partial charge is 0.451 e. The van der Waals surface area contributed by atoms with Crippen LogP contribution in [0, 0.1) is 5.82 Å². The summed E-state index contributed by atoms with van der Waals surface area (Å²) in [4.78, 5) is 32.3. The van der Waals surface area contributed by atoms with E-state index in [0.717, 1.165) is 38.5 Å². The first-order valence-corrected chi connectivity index (χ1v) is 13.9. The third-order valence-corrected chi connectivity index (χ3v) is 7.66. The molecule has 0 aliphatic carbocycles. The Morgan fingerprint density at radius 1 is 1.23 bits per heavy atom. The predicted octanol–water partition coefficient (Wildman–Crippen LogP) is 4.87. The molecular formula is C29H37ClFN5O3. The lowest BCUT2D eigenvalue weighted by Gasteiger charge is -2.34. The number of ether oxygens (including phenoxy) is 1.